The van der Waals surface area contributed by atoms with Gasteiger partial charge in [-0.05, 0) is 34.5 Å². The van der Waals surface area contributed by atoms with Crippen LogP contribution in [-0.2, 0) is 0 Å². The minimum Gasteiger partial charge on any atom is -0.444 e. The second-order valence-corrected chi connectivity index (χ2v) is 4.08. The van der Waals surface area contributed by atoms with Crippen molar-refractivity contribution >= 4 is 21.8 Å². The van der Waals surface area contributed by atoms with Crippen molar-refractivity contribution in [3.63, 3.8) is 0 Å². The first kappa shape index (κ1) is 9.73. The molecule has 14 heavy (non-hydrogen) atoms. The number of β-amino-alcohol motifs (C(OH)–C–C–N with tert-alkyl or cyclic N) is 1. The number of halogens is 1. The summed E-state index contributed by atoms with van der Waals surface area (Å²) < 4.78 is 5.68. The van der Waals surface area contributed by atoms with Gasteiger partial charge >= 0.3 is 0 Å². The summed E-state index contributed by atoms with van der Waals surface area (Å²) in [4.78, 5) is 13.3. The van der Waals surface area contributed by atoms with Crippen LogP contribution in [0.1, 0.15) is 17.0 Å². The Kier molecular flexibility index (Phi) is 2.60. The molecule has 0 spiro atoms. The van der Waals surface area contributed by atoms with Crippen LogP contribution in [0.3, 0.4) is 0 Å². The molecule has 0 aromatic carbocycles. The molecule has 1 saturated heterocycles. The van der Waals surface area contributed by atoms with Crippen molar-refractivity contribution in [3.8, 4) is 0 Å². The number of carbonyl (C=O) groups is 1. The molecule has 2 rings (SSSR count). The van der Waals surface area contributed by atoms with E-state index in [9.17, 15) is 9.90 Å². The van der Waals surface area contributed by atoms with Crippen molar-refractivity contribution in [2.45, 2.75) is 12.5 Å². The molecular weight excluding hydrogens is 250 g/mol. The van der Waals surface area contributed by atoms with Gasteiger partial charge < -0.3 is 14.4 Å². The number of aliphatic hydroxyl groups excluding tert-OH is 1. The van der Waals surface area contributed by atoms with Crippen molar-refractivity contribution in [3.05, 3.63) is 22.6 Å². The van der Waals surface area contributed by atoms with E-state index in [1.54, 1.807) is 17.0 Å². The number of amides is 1. The van der Waals surface area contributed by atoms with E-state index in [0.29, 0.717) is 29.9 Å². The third kappa shape index (κ3) is 1.83. The van der Waals surface area contributed by atoms with E-state index in [-0.39, 0.29) is 5.91 Å². The van der Waals surface area contributed by atoms with Crippen LogP contribution in [0.4, 0.5) is 0 Å². The zero-order chi connectivity index (χ0) is 10.1. The normalized spacial score (nSPS) is 21.6. The summed E-state index contributed by atoms with van der Waals surface area (Å²) in [5, 5.41) is 9.27. The molecule has 1 aromatic heterocycles. The lowest BCUT2D eigenvalue weighted by Crippen LogP contribution is -2.29. The first-order valence-corrected chi connectivity index (χ1v) is 5.19. The second kappa shape index (κ2) is 3.74. The average molecular weight is 260 g/mol. The molecule has 5 heteroatoms. The Hall–Kier alpha value is -0.810. The van der Waals surface area contributed by atoms with Crippen LogP contribution in [-0.4, -0.2) is 35.1 Å². The summed E-state index contributed by atoms with van der Waals surface area (Å²) >= 11 is 3.13. The van der Waals surface area contributed by atoms with E-state index in [0.717, 1.165) is 0 Å². The SMILES string of the molecule is O=C(c1ccc(Br)o1)N1CC[C@H](O)C1. The molecule has 1 fully saturated rings. The summed E-state index contributed by atoms with van der Waals surface area (Å²) in [7, 11) is 0. The molecule has 1 amide bonds. The number of carbonyl (C=O) groups excluding carboxylic acids is 1. The van der Waals surface area contributed by atoms with Gasteiger partial charge in [-0.2, -0.15) is 0 Å². The molecule has 0 aliphatic carbocycles. The Morgan fingerprint density at radius 2 is 2.43 bits per heavy atom. The molecule has 1 aliphatic rings. The van der Waals surface area contributed by atoms with Crippen molar-refractivity contribution in [2.24, 2.45) is 0 Å². The minimum atomic E-state index is -0.391. The number of likely N-dealkylation sites (tertiary alicyclic amines) is 1. The molecule has 1 aliphatic heterocycles. The predicted molar refractivity (Wildman–Crippen MR) is 52.9 cm³/mol. The van der Waals surface area contributed by atoms with E-state index in [1.165, 1.54) is 0 Å². The molecular formula is C9H10BrNO3. The Labute approximate surface area is 89.6 Å². The Morgan fingerprint density at radius 1 is 1.64 bits per heavy atom. The highest BCUT2D eigenvalue weighted by Crippen LogP contribution is 2.18. The number of rotatable bonds is 1. The highest BCUT2D eigenvalue weighted by Gasteiger charge is 2.26. The predicted octanol–water partition coefficient (Wildman–Crippen LogP) is 1.25. The monoisotopic (exact) mass is 259 g/mol. The topological polar surface area (TPSA) is 53.7 Å². The first-order chi connectivity index (χ1) is 6.66. The number of furan rings is 1. The van der Waals surface area contributed by atoms with Crippen molar-refractivity contribution in [1.82, 2.24) is 4.90 Å². The molecule has 1 atom stereocenters. The summed E-state index contributed by atoms with van der Waals surface area (Å²) in [6.07, 6.45) is 0.255. The fourth-order valence-corrected chi connectivity index (χ4v) is 1.82. The van der Waals surface area contributed by atoms with Gasteiger partial charge in [-0.15, -0.1) is 0 Å². The maximum absolute atomic E-state index is 11.7. The largest absolute Gasteiger partial charge is 0.444 e. The third-order valence-corrected chi connectivity index (χ3v) is 2.66. The van der Waals surface area contributed by atoms with Crippen LogP contribution in [0.2, 0.25) is 0 Å². The van der Waals surface area contributed by atoms with Gasteiger partial charge in [0, 0.05) is 13.1 Å². The van der Waals surface area contributed by atoms with Gasteiger partial charge in [-0.25, -0.2) is 0 Å². The standard InChI is InChI=1S/C9H10BrNO3/c10-8-2-1-7(14-8)9(13)11-4-3-6(12)5-11/h1-2,6,12H,3-5H2/t6-/m0/s1. The van der Waals surface area contributed by atoms with E-state index < -0.39 is 6.10 Å². The summed E-state index contributed by atoms with van der Waals surface area (Å²) in [5.74, 6) is 0.151. The second-order valence-electron chi connectivity index (χ2n) is 3.30. The molecule has 4 nitrogen and oxygen atoms in total. The van der Waals surface area contributed by atoms with Gasteiger partial charge in [-0.3, -0.25) is 4.79 Å². The lowest BCUT2D eigenvalue weighted by molar-refractivity contribution is 0.0732. The van der Waals surface area contributed by atoms with Crippen LogP contribution in [0, 0.1) is 0 Å². The number of hydrogen-bond donors (Lipinski definition) is 1. The third-order valence-electron chi connectivity index (χ3n) is 2.23. The Morgan fingerprint density at radius 3 is 2.93 bits per heavy atom. The fraction of sp³-hybridized carbons (Fsp3) is 0.444. The average Bonchev–Trinajstić information content (AvgIpc) is 2.73. The quantitative estimate of drug-likeness (QED) is 0.826. The maximum atomic E-state index is 11.7. The molecule has 0 saturated carbocycles. The zero-order valence-electron chi connectivity index (χ0n) is 7.44. The van der Waals surface area contributed by atoms with Gasteiger partial charge in [-0.1, -0.05) is 0 Å². The Balaban J connectivity index is 2.09. The number of hydrogen-bond acceptors (Lipinski definition) is 3. The zero-order valence-corrected chi connectivity index (χ0v) is 9.03. The van der Waals surface area contributed by atoms with Crippen LogP contribution < -0.4 is 0 Å². The first-order valence-electron chi connectivity index (χ1n) is 4.39. The molecule has 1 aromatic rings. The van der Waals surface area contributed by atoms with Crippen LogP contribution in [0.15, 0.2) is 21.2 Å². The molecule has 76 valence electrons. The van der Waals surface area contributed by atoms with Gasteiger partial charge in [0.25, 0.3) is 5.91 Å². The summed E-state index contributed by atoms with van der Waals surface area (Å²) in [5.41, 5.74) is 0. The van der Waals surface area contributed by atoms with Gasteiger partial charge in [0.1, 0.15) is 0 Å². The van der Waals surface area contributed by atoms with Crippen molar-refractivity contribution in [1.29, 1.82) is 0 Å². The van der Waals surface area contributed by atoms with E-state index in [1.807, 2.05) is 0 Å². The maximum Gasteiger partial charge on any atom is 0.289 e. The Bertz CT molecular complexity index is 350. The molecule has 2 heterocycles. The lowest BCUT2D eigenvalue weighted by atomic mass is 10.3. The van der Waals surface area contributed by atoms with Gasteiger partial charge in [0.05, 0.1) is 6.10 Å². The van der Waals surface area contributed by atoms with E-state index >= 15 is 0 Å². The minimum absolute atomic E-state index is 0.160. The molecule has 0 bridgehead atoms. The van der Waals surface area contributed by atoms with E-state index in [4.69, 9.17) is 4.42 Å². The van der Waals surface area contributed by atoms with Crippen molar-refractivity contribution < 1.29 is 14.3 Å². The molecule has 0 unspecified atom stereocenters. The lowest BCUT2D eigenvalue weighted by Gasteiger charge is -2.12. The van der Waals surface area contributed by atoms with Crippen LogP contribution >= 0.6 is 15.9 Å². The van der Waals surface area contributed by atoms with Crippen LogP contribution in [0.5, 0.6) is 0 Å². The summed E-state index contributed by atoms with van der Waals surface area (Å²) in [6.45, 7) is 0.996. The molecule has 0 radical (unpaired) electrons. The molecule has 1 N–H and O–H groups in total. The number of aliphatic hydroxyl groups is 1. The van der Waals surface area contributed by atoms with Gasteiger partial charge in [0.15, 0.2) is 10.4 Å². The smallest absolute Gasteiger partial charge is 0.289 e. The van der Waals surface area contributed by atoms with Crippen molar-refractivity contribution in [2.75, 3.05) is 13.1 Å². The van der Waals surface area contributed by atoms with Crippen LogP contribution in [0.25, 0.3) is 0 Å². The van der Waals surface area contributed by atoms with Gasteiger partial charge in [0.2, 0.25) is 0 Å². The summed E-state index contributed by atoms with van der Waals surface area (Å²) in [6, 6.07) is 3.30. The van der Waals surface area contributed by atoms with E-state index in [2.05, 4.69) is 15.9 Å². The fourth-order valence-electron chi connectivity index (χ4n) is 1.51. The highest BCUT2D eigenvalue weighted by molar-refractivity contribution is 9.10. The highest BCUT2D eigenvalue weighted by atomic mass is 79.9. The number of nitrogens with zero attached hydrogens (tertiary/aromatic N) is 1.